The predicted octanol–water partition coefficient (Wildman–Crippen LogP) is 2.81. The number of likely N-dealkylation sites (N-methyl/N-ethyl adjacent to an activating group) is 1. The van der Waals surface area contributed by atoms with Gasteiger partial charge in [0.1, 0.15) is 11.4 Å². The molecule has 0 bridgehead atoms. The summed E-state index contributed by atoms with van der Waals surface area (Å²) in [6, 6.07) is 5.61. The normalized spacial score (nSPS) is 27.6. The van der Waals surface area contributed by atoms with Gasteiger partial charge in [0.2, 0.25) is 0 Å². The number of hydrogen-bond donors (Lipinski definition) is 1. The first kappa shape index (κ1) is 10.0. The molecule has 94 valence electrons. The van der Waals surface area contributed by atoms with Crippen molar-refractivity contribution in [1.29, 1.82) is 0 Å². The molecule has 1 aliphatic rings. The van der Waals surface area contributed by atoms with Gasteiger partial charge in [-0.25, -0.2) is 4.39 Å². The number of benzene rings is 1. The van der Waals surface area contributed by atoms with Crippen LogP contribution in [0.1, 0.15) is 35.4 Å². The third-order valence-corrected chi connectivity index (χ3v) is 3.21. The molecule has 0 aliphatic heterocycles. The van der Waals surface area contributed by atoms with Crippen LogP contribution in [0.3, 0.4) is 0 Å². The zero-order valence-corrected chi connectivity index (χ0v) is 10.1. The smallest absolute Gasteiger partial charge is 0.157 e. The fraction of sp³-hybridized carbons (Fsp3) is 0.462. The highest BCUT2D eigenvalue weighted by atomic mass is 35.5. The highest BCUT2D eigenvalue weighted by Crippen LogP contribution is 2.34. The highest BCUT2D eigenvalue weighted by Gasteiger charge is 2.39. The molecule has 1 unspecified atom stereocenters. The van der Waals surface area contributed by atoms with Crippen LogP contribution in [0.2, 0.25) is 0 Å². The Bertz CT molecular complexity index is 495. The molecule has 0 aromatic heterocycles. The summed E-state index contributed by atoms with van der Waals surface area (Å²) in [5, 5.41) is 2.45. The van der Waals surface area contributed by atoms with E-state index in [0.717, 1.165) is 12.8 Å². The van der Waals surface area contributed by atoms with Gasteiger partial charge in [0.15, 0.2) is 5.78 Å². The average Bonchev–Trinajstić information content (AvgIpc) is 2.30. The molecule has 17 heavy (non-hydrogen) atoms. The summed E-state index contributed by atoms with van der Waals surface area (Å²) in [5.74, 6) is -0.650. The Morgan fingerprint density at radius 1 is 1.47 bits per heavy atom. The lowest BCUT2D eigenvalue weighted by molar-refractivity contribution is -0.127. The summed E-state index contributed by atoms with van der Waals surface area (Å²) >= 11 is 0. The van der Waals surface area contributed by atoms with Crippen LogP contribution in [0.5, 0.6) is 0 Å². The van der Waals surface area contributed by atoms with Crippen molar-refractivity contribution in [1.82, 2.24) is 5.32 Å². The summed E-state index contributed by atoms with van der Waals surface area (Å²) in [6.07, 6.45) is 2.19. The first-order chi connectivity index (χ1) is 8.83. The minimum absolute atomic E-state index is 0. The Kier molecular flexibility index (Phi) is 3.31. The van der Waals surface area contributed by atoms with Crippen LogP contribution >= 0.6 is 12.4 Å². The number of halogens is 2. The molecule has 1 aromatic rings. The fourth-order valence-electron chi connectivity index (χ4n) is 2.29. The van der Waals surface area contributed by atoms with Crippen molar-refractivity contribution in [3.63, 3.8) is 0 Å². The highest BCUT2D eigenvalue weighted by molar-refractivity contribution is 5.90. The number of rotatable bonds is 2. The van der Waals surface area contributed by atoms with E-state index in [4.69, 9.17) is 4.11 Å². The quantitative estimate of drug-likeness (QED) is 0.886. The topological polar surface area (TPSA) is 29.1 Å². The molecule has 0 heterocycles. The summed E-state index contributed by atoms with van der Waals surface area (Å²) in [6.45, 7) is -2.45. The lowest BCUT2D eigenvalue weighted by Crippen LogP contribution is -2.49. The lowest BCUT2D eigenvalue weighted by Gasteiger charge is -2.36. The standard InChI is InChI=1S/C13H16FNO.ClH/c1-15-13(8-3-2-7-12(13)16)10-5-4-6-11(14)9-10;/h4-6,9,15H,2-3,7-8H2,1H3;1H/i1D3;. The maximum Gasteiger partial charge on any atom is 0.157 e. The SMILES string of the molecule is Cl.[2H]C([2H])([2H])NC1(c2cccc(F)c2)CCCCC1=O. The molecule has 0 amide bonds. The van der Waals surface area contributed by atoms with Crippen molar-refractivity contribution >= 4 is 18.2 Å². The fourth-order valence-corrected chi connectivity index (χ4v) is 2.29. The molecule has 0 saturated heterocycles. The van der Waals surface area contributed by atoms with Gasteiger partial charge in [0.05, 0.1) is 0 Å². The van der Waals surface area contributed by atoms with E-state index in [0.29, 0.717) is 18.4 Å². The van der Waals surface area contributed by atoms with Crippen molar-refractivity contribution < 1.29 is 13.3 Å². The van der Waals surface area contributed by atoms with Crippen molar-refractivity contribution in [2.45, 2.75) is 31.2 Å². The van der Waals surface area contributed by atoms with Gasteiger partial charge in [-0.2, -0.15) is 0 Å². The van der Waals surface area contributed by atoms with Gasteiger partial charge >= 0.3 is 0 Å². The maximum atomic E-state index is 13.4. The number of carbonyl (C=O) groups is 1. The van der Waals surface area contributed by atoms with Gasteiger partial charge < -0.3 is 5.32 Å². The van der Waals surface area contributed by atoms with E-state index in [1.165, 1.54) is 18.2 Å². The molecule has 1 saturated carbocycles. The zero-order valence-electron chi connectivity index (χ0n) is 12.3. The van der Waals surface area contributed by atoms with Gasteiger partial charge in [-0.05, 0) is 37.5 Å². The minimum atomic E-state index is -2.45. The molecular weight excluding hydrogens is 241 g/mol. The van der Waals surface area contributed by atoms with Crippen LogP contribution in [-0.4, -0.2) is 12.8 Å². The summed E-state index contributed by atoms with van der Waals surface area (Å²) in [5.41, 5.74) is -0.890. The van der Waals surface area contributed by atoms with Crippen LogP contribution in [0, 0.1) is 5.82 Å². The number of Topliss-reactive ketones (excluding diaryl/α,β-unsaturated/α-hetero) is 1. The summed E-state index contributed by atoms with van der Waals surface area (Å²) in [4.78, 5) is 12.3. The van der Waals surface area contributed by atoms with Crippen molar-refractivity contribution in [2.75, 3.05) is 6.98 Å². The van der Waals surface area contributed by atoms with E-state index < -0.39 is 18.3 Å². The lowest BCUT2D eigenvalue weighted by atomic mass is 9.75. The second kappa shape index (κ2) is 5.61. The zero-order chi connectivity index (χ0) is 14.1. The van der Waals surface area contributed by atoms with Crippen molar-refractivity contribution in [3.8, 4) is 0 Å². The molecule has 1 fully saturated rings. The Morgan fingerprint density at radius 3 is 2.94 bits per heavy atom. The van der Waals surface area contributed by atoms with Crippen LogP contribution in [-0.2, 0) is 10.3 Å². The van der Waals surface area contributed by atoms with Gasteiger partial charge in [0, 0.05) is 10.5 Å². The first-order valence-electron chi connectivity index (χ1n) is 6.92. The van der Waals surface area contributed by atoms with E-state index >= 15 is 0 Å². The molecule has 1 N–H and O–H groups in total. The van der Waals surface area contributed by atoms with E-state index in [-0.39, 0.29) is 18.2 Å². The van der Waals surface area contributed by atoms with Gasteiger partial charge in [0.25, 0.3) is 0 Å². The van der Waals surface area contributed by atoms with Crippen LogP contribution in [0.15, 0.2) is 24.3 Å². The average molecular weight is 261 g/mol. The Hall–Kier alpha value is -0.930. The second-order valence-corrected chi connectivity index (χ2v) is 4.17. The molecule has 0 spiro atoms. The Balaban J connectivity index is 0.00000200. The number of nitrogens with one attached hydrogen (secondary N) is 1. The third kappa shape index (κ3) is 2.50. The maximum absolute atomic E-state index is 13.4. The molecule has 2 nitrogen and oxygen atoms in total. The van der Waals surface area contributed by atoms with Crippen LogP contribution < -0.4 is 5.32 Å². The van der Waals surface area contributed by atoms with Crippen molar-refractivity contribution in [2.24, 2.45) is 0 Å². The largest absolute Gasteiger partial charge is 0.304 e. The molecule has 1 aliphatic carbocycles. The van der Waals surface area contributed by atoms with Gasteiger partial charge in [-0.3, -0.25) is 4.79 Å². The van der Waals surface area contributed by atoms with E-state index in [2.05, 4.69) is 5.32 Å². The van der Waals surface area contributed by atoms with Crippen LogP contribution in [0.25, 0.3) is 0 Å². The van der Waals surface area contributed by atoms with E-state index in [9.17, 15) is 9.18 Å². The van der Waals surface area contributed by atoms with Crippen LogP contribution in [0.4, 0.5) is 4.39 Å². The number of carbonyl (C=O) groups excluding carboxylic acids is 1. The third-order valence-electron chi connectivity index (χ3n) is 3.21. The van der Waals surface area contributed by atoms with Crippen molar-refractivity contribution in [3.05, 3.63) is 35.6 Å². The number of ketones is 1. The Labute approximate surface area is 111 Å². The predicted molar refractivity (Wildman–Crippen MR) is 67.9 cm³/mol. The monoisotopic (exact) mass is 260 g/mol. The van der Waals surface area contributed by atoms with Gasteiger partial charge in [-0.1, -0.05) is 18.6 Å². The van der Waals surface area contributed by atoms with Gasteiger partial charge in [-0.15, -0.1) is 12.4 Å². The van der Waals surface area contributed by atoms with E-state index in [1.807, 2.05) is 0 Å². The Morgan fingerprint density at radius 2 is 2.29 bits per heavy atom. The molecule has 0 radical (unpaired) electrons. The summed E-state index contributed by atoms with van der Waals surface area (Å²) < 4.78 is 35.5. The second-order valence-electron chi connectivity index (χ2n) is 4.17. The molecule has 1 atom stereocenters. The molecular formula is C13H17ClFNO. The molecule has 4 heteroatoms. The minimum Gasteiger partial charge on any atom is -0.304 e. The molecule has 2 rings (SSSR count). The summed E-state index contributed by atoms with van der Waals surface area (Å²) in [7, 11) is 0. The first-order valence-corrected chi connectivity index (χ1v) is 5.42. The van der Waals surface area contributed by atoms with E-state index in [1.54, 1.807) is 6.07 Å². The number of hydrogen-bond acceptors (Lipinski definition) is 2. The molecule has 1 aromatic carbocycles.